The van der Waals surface area contributed by atoms with Crippen LogP contribution in [-0.4, -0.2) is 9.97 Å². The normalized spacial score (nSPS) is 14.7. The van der Waals surface area contributed by atoms with E-state index in [0.717, 1.165) is 12.2 Å². The Labute approximate surface area is 99.5 Å². The summed E-state index contributed by atoms with van der Waals surface area (Å²) in [5, 5.41) is 0. The highest BCUT2D eigenvalue weighted by Crippen LogP contribution is 2.32. The zero-order valence-electron chi connectivity index (χ0n) is 10.9. The second-order valence-corrected chi connectivity index (χ2v) is 5.01. The van der Waals surface area contributed by atoms with Crippen LogP contribution in [-0.2, 0) is 6.42 Å². The third kappa shape index (κ3) is 4.30. The second-order valence-electron chi connectivity index (χ2n) is 5.01. The predicted molar refractivity (Wildman–Crippen MR) is 68.3 cm³/mol. The summed E-state index contributed by atoms with van der Waals surface area (Å²) in [6.07, 6.45) is 11.1. The summed E-state index contributed by atoms with van der Waals surface area (Å²) >= 11 is 0. The molecule has 0 bridgehead atoms. The zero-order chi connectivity index (χ0) is 11.9. The van der Waals surface area contributed by atoms with E-state index in [1.54, 1.807) is 0 Å². The van der Waals surface area contributed by atoms with Crippen molar-refractivity contribution in [2.45, 2.75) is 59.3 Å². The molecule has 90 valence electrons. The van der Waals surface area contributed by atoms with Crippen LogP contribution in [0, 0.1) is 5.41 Å². The minimum absolute atomic E-state index is 0.381. The molecule has 0 aliphatic carbocycles. The first-order valence-electron chi connectivity index (χ1n) is 6.46. The molecular formula is C14H24N2. The minimum atomic E-state index is 0.381. The van der Waals surface area contributed by atoms with Gasteiger partial charge in [-0.15, -0.1) is 0 Å². The number of nitrogens with zero attached hydrogens (tertiary/aromatic N) is 2. The minimum Gasteiger partial charge on any atom is -0.241 e. The van der Waals surface area contributed by atoms with Gasteiger partial charge in [0.2, 0.25) is 0 Å². The molecule has 0 radical (unpaired) electrons. The third-order valence-corrected chi connectivity index (χ3v) is 3.19. The van der Waals surface area contributed by atoms with Crippen molar-refractivity contribution in [3.63, 3.8) is 0 Å². The molecule has 0 saturated heterocycles. The fraction of sp³-hybridized carbons (Fsp3) is 0.714. The highest BCUT2D eigenvalue weighted by molar-refractivity contribution is 4.93. The summed E-state index contributed by atoms with van der Waals surface area (Å²) in [4.78, 5) is 8.69. The molecule has 16 heavy (non-hydrogen) atoms. The summed E-state index contributed by atoms with van der Waals surface area (Å²) in [5.74, 6) is 0.995. The van der Waals surface area contributed by atoms with E-state index in [1.165, 1.54) is 32.1 Å². The lowest BCUT2D eigenvalue weighted by Gasteiger charge is -2.28. The van der Waals surface area contributed by atoms with Crippen LogP contribution in [0.2, 0.25) is 0 Å². The number of rotatable bonds is 7. The second kappa shape index (κ2) is 6.62. The number of hydrogen-bond acceptors (Lipinski definition) is 2. The molecular weight excluding hydrogens is 196 g/mol. The van der Waals surface area contributed by atoms with Crippen LogP contribution >= 0.6 is 0 Å². The van der Waals surface area contributed by atoms with Gasteiger partial charge in [0.05, 0.1) is 0 Å². The highest BCUT2D eigenvalue weighted by Gasteiger charge is 2.24. The van der Waals surface area contributed by atoms with E-state index < -0.39 is 0 Å². The Balaban J connectivity index is 2.62. The van der Waals surface area contributed by atoms with E-state index in [0.29, 0.717) is 5.41 Å². The summed E-state index contributed by atoms with van der Waals surface area (Å²) in [6, 6.07) is 1.88. The van der Waals surface area contributed by atoms with Gasteiger partial charge in [0.1, 0.15) is 5.82 Å². The molecule has 1 aromatic heterocycles. The van der Waals surface area contributed by atoms with E-state index in [-0.39, 0.29) is 0 Å². The van der Waals surface area contributed by atoms with E-state index in [2.05, 4.69) is 30.7 Å². The van der Waals surface area contributed by atoms with Gasteiger partial charge in [-0.1, -0.05) is 40.0 Å². The molecule has 1 atom stereocenters. The van der Waals surface area contributed by atoms with Crippen molar-refractivity contribution < 1.29 is 0 Å². The Morgan fingerprint density at radius 1 is 1.06 bits per heavy atom. The molecule has 2 nitrogen and oxygen atoms in total. The predicted octanol–water partition coefficient (Wildman–Crippen LogP) is 4.02. The standard InChI is InChI=1S/C14H24N2/c1-4-6-9-14(3,8-5-2)12-13-15-10-7-11-16-13/h7,10-11H,4-6,8-9,12H2,1-3H3. The molecule has 0 amide bonds. The van der Waals surface area contributed by atoms with Gasteiger partial charge in [-0.2, -0.15) is 0 Å². The first-order chi connectivity index (χ1) is 7.70. The molecule has 1 rings (SSSR count). The lowest BCUT2D eigenvalue weighted by atomic mass is 9.78. The molecule has 1 unspecified atom stereocenters. The van der Waals surface area contributed by atoms with Gasteiger partial charge in [0, 0.05) is 18.8 Å². The van der Waals surface area contributed by atoms with Crippen LogP contribution in [0.3, 0.4) is 0 Å². The Bertz CT molecular complexity index is 284. The fourth-order valence-electron chi connectivity index (χ4n) is 2.31. The lowest BCUT2D eigenvalue weighted by molar-refractivity contribution is 0.253. The average molecular weight is 220 g/mol. The van der Waals surface area contributed by atoms with E-state index >= 15 is 0 Å². The SMILES string of the molecule is CCCCC(C)(CCC)Cc1ncccn1. The molecule has 0 spiro atoms. The topological polar surface area (TPSA) is 25.8 Å². The molecule has 0 fully saturated rings. The van der Waals surface area contributed by atoms with Crippen molar-refractivity contribution in [2.24, 2.45) is 5.41 Å². The van der Waals surface area contributed by atoms with E-state index in [9.17, 15) is 0 Å². The average Bonchev–Trinajstić information content (AvgIpc) is 2.28. The Morgan fingerprint density at radius 3 is 2.31 bits per heavy atom. The highest BCUT2D eigenvalue weighted by atomic mass is 14.9. The summed E-state index contributed by atoms with van der Waals surface area (Å²) in [6.45, 7) is 6.89. The van der Waals surface area contributed by atoms with Crippen LogP contribution in [0.4, 0.5) is 0 Å². The maximum absolute atomic E-state index is 4.34. The fourth-order valence-corrected chi connectivity index (χ4v) is 2.31. The van der Waals surface area contributed by atoms with Crippen molar-refractivity contribution in [3.05, 3.63) is 24.3 Å². The number of unbranched alkanes of at least 4 members (excludes halogenated alkanes) is 1. The van der Waals surface area contributed by atoms with E-state index in [1.807, 2.05) is 18.5 Å². The molecule has 1 heterocycles. The van der Waals surface area contributed by atoms with Gasteiger partial charge in [0.25, 0.3) is 0 Å². The number of hydrogen-bond donors (Lipinski definition) is 0. The van der Waals surface area contributed by atoms with Crippen molar-refractivity contribution >= 4 is 0 Å². The van der Waals surface area contributed by atoms with Crippen LogP contribution in [0.15, 0.2) is 18.5 Å². The van der Waals surface area contributed by atoms with Crippen LogP contribution in [0.1, 0.15) is 58.7 Å². The monoisotopic (exact) mass is 220 g/mol. The van der Waals surface area contributed by atoms with Crippen molar-refractivity contribution in [1.29, 1.82) is 0 Å². The Kier molecular flexibility index (Phi) is 5.44. The summed E-state index contributed by atoms with van der Waals surface area (Å²) < 4.78 is 0. The first-order valence-corrected chi connectivity index (χ1v) is 6.46. The smallest absolute Gasteiger partial charge is 0.128 e. The van der Waals surface area contributed by atoms with Gasteiger partial charge >= 0.3 is 0 Å². The maximum atomic E-state index is 4.34. The van der Waals surface area contributed by atoms with E-state index in [4.69, 9.17) is 0 Å². The maximum Gasteiger partial charge on any atom is 0.128 e. The van der Waals surface area contributed by atoms with Gasteiger partial charge in [-0.3, -0.25) is 0 Å². The quantitative estimate of drug-likeness (QED) is 0.693. The van der Waals surface area contributed by atoms with Crippen LogP contribution < -0.4 is 0 Å². The van der Waals surface area contributed by atoms with Crippen LogP contribution in [0.25, 0.3) is 0 Å². The first kappa shape index (κ1) is 13.1. The molecule has 0 aliphatic heterocycles. The molecule has 0 N–H and O–H groups in total. The van der Waals surface area contributed by atoms with Gasteiger partial charge in [0.15, 0.2) is 0 Å². The van der Waals surface area contributed by atoms with Gasteiger partial charge < -0.3 is 0 Å². The molecule has 0 saturated carbocycles. The van der Waals surface area contributed by atoms with Gasteiger partial charge in [-0.05, 0) is 24.3 Å². The van der Waals surface area contributed by atoms with Crippen molar-refractivity contribution in [2.75, 3.05) is 0 Å². The lowest BCUT2D eigenvalue weighted by Crippen LogP contribution is -2.20. The van der Waals surface area contributed by atoms with Crippen molar-refractivity contribution in [1.82, 2.24) is 9.97 Å². The Hall–Kier alpha value is -0.920. The molecule has 2 heteroatoms. The van der Waals surface area contributed by atoms with Crippen molar-refractivity contribution in [3.8, 4) is 0 Å². The Morgan fingerprint density at radius 2 is 1.75 bits per heavy atom. The largest absolute Gasteiger partial charge is 0.241 e. The molecule has 1 aromatic rings. The molecule has 0 aliphatic rings. The van der Waals surface area contributed by atoms with Gasteiger partial charge in [-0.25, -0.2) is 9.97 Å². The zero-order valence-corrected chi connectivity index (χ0v) is 10.9. The van der Waals surface area contributed by atoms with Crippen LogP contribution in [0.5, 0.6) is 0 Å². The molecule has 0 aromatic carbocycles. The number of aromatic nitrogens is 2. The summed E-state index contributed by atoms with van der Waals surface area (Å²) in [7, 11) is 0. The summed E-state index contributed by atoms with van der Waals surface area (Å²) in [5.41, 5.74) is 0.381. The third-order valence-electron chi connectivity index (χ3n) is 3.19.